The Hall–Kier alpha value is -2.57. The first kappa shape index (κ1) is 20.7. The van der Waals surface area contributed by atoms with Gasteiger partial charge in [-0.3, -0.25) is 9.69 Å². The van der Waals surface area contributed by atoms with Crippen molar-refractivity contribution in [3.8, 4) is 5.75 Å². The van der Waals surface area contributed by atoms with Crippen molar-refractivity contribution < 1.29 is 14.6 Å². The summed E-state index contributed by atoms with van der Waals surface area (Å²) in [6.45, 7) is 8.97. The summed E-state index contributed by atoms with van der Waals surface area (Å²) in [6.07, 6.45) is 0.702. The highest BCUT2D eigenvalue weighted by Gasteiger charge is 2.20. The number of hydrogen-bond acceptors (Lipinski definition) is 5. The first-order valence-corrected chi connectivity index (χ1v) is 10.8. The Morgan fingerprint density at radius 1 is 1.03 bits per heavy atom. The number of anilines is 2. The van der Waals surface area contributed by atoms with Gasteiger partial charge in [0.05, 0.1) is 0 Å². The summed E-state index contributed by atoms with van der Waals surface area (Å²) in [4.78, 5) is 16.2. The molecule has 1 saturated heterocycles. The normalized spacial score (nSPS) is 18.0. The van der Waals surface area contributed by atoms with Crippen LogP contribution in [-0.2, 0) is 11.2 Å². The molecule has 0 aliphatic carbocycles. The molecule has 0 bridgehead atoms. The van der Waals surface area contributed by atoms with Crippen molar-refractivity contribution in [3.63, 3.8) is 0 Å². The second-order valence-corrected chi connectivity index (χ2v) is 8.39. The fraction of sp³-hybridized carbons (Fsp3) is 0.458. The minimum atomic E-state index is -0.533. The standard InChI is InChI=1S/C24H31N3O3/c1-17-3-5-20(13-18(17)2)27-11-9-26(10-12-27)15-21(28)16-30-22-6-7-23-19(14-22)4-8-24(29)25-23/h3,5-7,13-14,21,28H,4,8-12,15-16H2,1-2H3,(H,25,29). The maximum atomic E-state index is 11.5. The number of hydrogen-bond donors (Lipinski definition) is 2. The van der Waals surface area contributed by atoms with Crippen LogP contribution in [-0.4, -0.2) is 61.3 Å². The van der Waals surface area contributed by atoms with E-state index < -0.39 is 6.10 Å². The number of piperazine rings is 1. The van der Waals surface area contributed by atoms with Gasteiger partial charge in [0.15, 0.2) is 0 Å². The Kier molecular flexibility index (Phi) is 6.25. The van der Waals surface area contributed by atoms with Gasteiger partial charge in [-0.1, -0.05) is 6.07 Å². The van der Waals surface area contributed by atoms with Crippen LogP contribution in [0.3, 0.4) is 0 Å². The molecule has 30 heavy (non-hydrogen) atoms. The lowest BCUT2D eigenvalue weighted by molar-refractivity contribution is -0.116. The predicted octanol–water partition coefficient (Wildman–Crippen LogP) is 2.75. The molecule has 6 nitrogen and oxygen atoms in total. The van der Waals surface area contributed by atoms with E-state index in [-0.39, 0.29) is 12.5 Å². The number of aliphatic hydroxyl groups is 1. The molecule has 0 saturated carbocycles. The number of β-amino-alcohol motifs (C(OH)–C–C–N with tert-alkyl or cyclic N) is 1. The number of benzene rings is 2. The quantitative estimate of drug-likeness (QED) is 0.768. The third kappa shape index (κ3) is 4.94. The van der Waals surface area contributed by atoms with Gasteiger partial charge in [-0.2, -0.15) is 0 Å². The van der Waals surface area contributed by atoms with Gasteiger partial charge in [-0.05, 0) is 67.3 Å². The van der Waals surface area contributed by atoms with E-state index in [0.29, 0.717) is 13.0 Å². The Balaban J connectivity index is 1.23. The highest BCUT2D eigenvalue weighted by molar-refractivity contribution is 5.94. The van der Waals surface area contributed by atoms with Gasteiger partial charge in [-0.15, -0.1) is 0 Å². The van der Waals surface area contributed by atoms with Crippen LogP contribution >= 0.6 is 0 Å². The first-order valence-electron chi connectivity index (χ1n) is 10.8. The summed E-state index contributed by atoms with van der Waals surface area (Å²) in [6, 6.07) is 12.3. The molecule has 0 radical (unpaired) electrons. The smallest absolute Gasteiger partial charge is 0.224 e. The molecule has 2 aromatic rings. The second kappa shape index (κ2) is 9.06. The summed E-state index contributed by atoms with van der Waals surface area (Å²) in [5, 5.41) is 13.3. The van der Waals surface area contributed by atoms with Gasteiger partial charge in [0.1, 0.15) is 18.5 Å². The fourth-order valence-electron chi connectivity index (χ4n) is 4.10. The van der Waals surface area contributed by atoms with Crippen molar-refractivity contribution >= 4 is 17.3 Å². The number of carbonyl (C=O) groups is 1. The number of amides is 1. The third-order valence-corrected chi connectivity index (χ3v) is 6.11. The first-order chi connectivity index (χ1) is 14.5. The van der Waals surface area contributed by atoms with Crippen LogP contribution in [0.5, 0.6) is 5.75 Å². The van der Waals surface area contributed by atoms with E-state index in [9.17, 15) is 9.90 Å². The van der Waals surface area contributed by atoms with Gasteiger partial charge >= 0.3 is 0 Å². The Morgan fingerprint density at radius 2 is 1.83 bits per heavy atom. The summed E-state index contributed by atoms with van der Waals surface area (Å²) in [5.74, 6) is 0.799. The molecule has 4 rings (SSSR count). The van der Waals surface area contributed by atoms with Gasteiger partial charge in [0, 0.05) is 50.5 Å². The summed E-state index contributed by atoms with van der Waals surface area (Å²) in [5.41, 5.74) is 5.88. The average Bonchev–Trinajstić information content (AvgIpc) is 2.75. The lowest BCUT2D eigenvalue weighted by Crippen LogP contribution is -2.49. The summed E-state index contributed by atoms with van der Waals surface area (Å²) >= 11 is 0. The van der Waals surface area contributed by atoms with Crippen LogP contribution in [0.15, 0.2) is 36.4 Å². The number of nitrogens with zero attached hydrogens (tertiary/aromatic N) is 2. The Bertz CT molecular complexity index is 907. The third-order valence-electron chi connectivity index (χ3n) is 6.11. The molecule has 160 valence electrons. The van der Waals surface area contributed by atoms with E-state index in [0.717, 1.165) is 49.6 Å². The minimum absolute atomic E-state index is 0.0594. The van der Waals surface area contributed by atoms with Gasteiger partial charge in [-0.25, -0.2) is 0 Å². The second-order valence-electron chi connectivity index (χ2n) is 8.39. The molecule has 2 aromatic carbocycles. The summed E-state index contributed by atoms with van der Waals surface area (Å²) < 4.78 is 5.82. The van der Waals surface area contributed by atoms with Crippen molar-refractivity contribution in [2.45, 2.75) is 32.8 Å². The minimum Gasteiger partial charge on any atom is -0.491 e. The van der Waals surface area contributed by atoms with Gasteiger partial charge in [0.25, 0.3) is 0 Å². The van der Waals surface area contributed by atoms with Crippen LogP contribution in [0.2, 0.25) is 0 Å². The topological polar surface area (TPSA) is 65.0 Å². The van der Waals surface area contributed by atoms with Crippen molar-refractivity contribution in [1.82, 2.24) is 4.90 Å². The van der Waals surface area contributed by atoms with Crippen molar-refractivity contribution in [2.24, 2.45) is 0 Å². The lowest BCUT2D eigenvalue weighted by Gasteiger charge is -2.37. The number of fused-ring (bicyclic) bond motifs is 1. The van der Waals surface area contributed by atoms with E-state index in [1.807, 2.05) is 18.2 Å². The van der Waals surface area contributed by atoms with E-state index >= 15 is 0 Å². The molecule has 0 spiro atoms. The molecule has 1 atom stereocenters. The molecular weight excluding hydrogens is 378 g/mol. The molecule has 0 aromatic heterocycles. The zero-order valence-electron chi connectivity index (χ0n) is 17.9. The van der Waals surface area contributed by atoms with E-state index in [1.165, 1.54) is 16.8 Å². The number of aryl methyl sites for hydroxylation is 3. The Labute approximate surface area is 178 Å². The average molecular weight is 410 g/mol. The van der Waals surface area contributed by atoms with E-state index in [4.69, 9.17) is 4.74 Å². The molecule has 2 aliphatic heterocycles. The SMILES string of the molecule is Cc1ccc(N2CCN(CC(O)COc3ccc4c(c3)CCC(=O)N4)CC2)cc1C. The molecule has 6 heteroatoms. The number of rotatable bonds is 6. The maximum absolute atomic E-state index is 11.5. The van der Waals surface area contributed by atoms with Crippen LogP contribution in [0.4, 0.5) is 11.4 Å². The molecule has 2 N–H and O–H groups in total. The van der Waals surface area contributed by atoms with Crippen LogP contribution in [0.25, 0.3) is 0 Å². The van der Waals surface area contributed by atoms with Crippen LogP contribution in [0.1, 0.15) is 23.1 Å². The molecular formula is C24H31N3O3. The van der Waals surface area contributed by atoms with Crippen LogP contribution < -0.4 is 15.0 Å². The van der Waals surface area contributed by atoms with E-state index in [2.05, 4.69) is 47.2 Å². The largest absolute Gasteiger partial charge is 0.491 e. The fourth-order valence-corrected chi connectivity index (χ4v) is 4.10. The zero-order chi connectivity index (χ0) is 21.1. The monoisotopic (exact) mass is 409 g/mol. The zero-order valence-corrected chi connectivity index (χ0v) is 17.9. The molecule has 2 heterocycles. The Morgan fingerprint density at radius 3 is 2.60 bits per heavy atom. The van der Waals surface area contributed by atoms with Gasteiger partial charge in [0.2, 0.25) is 5.91 Å². The maximum Gasteiger partial charge on any atom is 0.224 e. The van der Waals surface area contributed by atoms with Crippen molar-refractivity contribution in [3.05, 3.63) is 53.1 Å². The van der Waals surface area contributed by atoms with Gasteiger partial charge < -0.3 is 20.1 Å². The molecule has 1 amide bonds. The number of carbonyl (C=O) groups excluding carboxylic acids is 1. The number of aliphatic hydroxyl groups excluding tert-OH is 1. The summed E-state index contributed by atoms with van der Waals surface area (Å²) in [7, 11) is 0. The van der Waals surface area contributed by atoms with E-state index in [1.54, 1.807) is 0 Å². The molecule has 2 aliphatic rings. The predicted molar refractivity (Wildman–Crippen MR) is 119 cm³/mol. The van der Waals surface area contributed by atoms with Crippen molar-refractivity contribution in [1.29, 1.82) is 0 Å². The lowest BCUT2D eigenvalue weighted by atomic mass is 10.0. The highest BCUT2D eigenvalue weighted by Crippen LogP contribution is 2.27. The van der Waals surface area contributed by atoms with Crippen molar-refractivity contribution in [2.75, 3.05) is 49.5 Å². The number of ether oxygens (including phenoxy) is 1. The molecule has 1 unspecified atom stereocenters. The van der Waals surface area contributed by atoms with Crippen LogP contribution in [0, 0.1) is 13.8 Å². The highest BCUT2D eigenvalue weighted by atomic mass is 16.5. The number of nitrogens with one attached hydrogen (secondary N) is 1. The molecule has 1 fully saturated rings.